The van der Waals surface area contributed by atoms with Crippen molar-refractivity contribution in [2.75, 3.05) is 6.54 Å². The zero-order valence-electron chi connectivity index (χ0n) is 9.00. The molecule has 2 rings (SSSR count). The molecule has 0 bridgehead atoms. The number of hydrogen-bond donors (Lipinski definition) is 2. The molecule has 0 amide bonds. The van der Waals surface area contributed by atoms with Crippen LogP contribution in [-0.4, -0.2) is 31.9 Å². The minimum atomic E-state index is -0.704. The number of aromatic nitrogens is 3. The maximum atomic E-state index is 11.9. The van der Waals surface area contributed by atoms with Crippen molar-refractivity contribution < 1.29 is 5.11 Å². The molecule has 0 aliphatic rings. The molecule has 0 saturated carbocycles. The first-order valence-corrected chi connectivity index (χ1v) is 5.05. The fourth-order valence-electron chi connectivity index (χ4n) is 1.59. The van der Waals surface area contributed by atoms with Crippen LogP contribution in [0.1, 0.15) is 5.69 Å². The molecule has 1 unspecified atom stereocenters. The van der Waals surface area contributed by atoms with Crippen LogP contribution in [0.15, 0.2) is 23.3 Å². The van der Waals surface area contributed by atoms with Gasteiger partial charge in [-0.05, 0) is 13.0 Å². The van der Waals surface area contributed by atoms with Crippen molar-refractivity contribution in [3.63, 3.8) is 0 Å². The van der Waals surface area contributed by atoms with Crippen molar-refractivity contribution in [1.29, 1.82) is 0 Å². The molecule has 0 aliphatic carbocycles. The van der Waals surface area contributed by atoms with Crippen LogP contribution in [0.25, 0.3) is 5.52 Å². The predicted octanol–water partition coefficient (Wildman–Crippen LogP) is -0.876. The summed E-state index contributed by atoms with van der Waals surface area (Å²) in [7, 11) is 0. The van der Waals surface area contributed by atoms with Crippen LogP contribution < -0.4 is 11.3 Å². The van der Waals surface area contributed by atoms with Crippen molar-refractivity contribution in [1.82, 2.24) is 14.2 Å². The first kappa shape index (κ1) is 10.8. The van der Waals surface area contributed by atoms with Gasteiger partial charge < -0.3 is 15.4 Å². The van der Waals surface area contributed by atoms with Gasteiger partial charge in [0, 0.05) is 18.9 Å². The lowest BCUT2D eigenvalue weighted by molar-refractivity contribution is 0.161. The van der Waals surface area contributed by atoms with Crippen molar-refractivity contribution in [2.45, 2.75) is 19.6 Å². The molecule has 86 valence electrons. The lowest BCUT2D eigenvalue weighted by Crippen LogP contribution is -2.31. The lowest BCUT2D eigenvalue weighted by atomic mass is 10.3. The first-order chi connectivity index (χ1) is 7.61. The van der Waals surface area contributed by atoms with E-state index in [4.69, 9.17) is 5.73 Å². The van der Waals surface area contributed by atoms with Gasteiger partial charge in [0.25, 0.3) is 5.56 Å². The molecule has 2 heterocycles. The zero-order chi connectivity index (χ0) is 11.7. The average molecular weight is 222 g/mol. The number of aryl methyl sites for hydroxylation is 1. The van der Waals surface area contributed by atoms with E-state index < -0.39 is 6.10 Å². The third-order valence-electron chi connectivity index (χ3n) is 2.41. The van der Waals surface area contributed by atoms with Gasteiger partial charge in [0.1, 0.15) is 5.52 Å². The van der Waals surface area contributed by atoms with Gasteiger partial charge in [0.05, 0.1) is 18.3 Å². The van der Waals surface area contributed by atoms with E-state index in [1.807, 2.05) is 6.92 Å². The van der Waals surface area contributed by atoms with E-state index in [1.54, 1.807) is 18.5 Å². The smallest absolute Gasteiger partial charge is 0.276 e. The van der Waals surface area contributed by atoms with Crippen molar-refractivity contribution >= 4 is 5.52 Å². The van der Waals surface area contributed by atoms with Gasteiger partial charge in [-0.25, -0.2) is 4.52 Å². The Kier molecular flexibility index (Phi) is 2.76. The number of nitrogens with two attached hydrogens (primary N) is 1. The highest BCUT2D eigenvalue weighted by molar-refractivity contribution is 5.44. The molecule has 6 nitrogen and oxygen atoms in total. The first-order valence-electron chi connectivity index (χ1n) is 5.05. The maximum absolute atomic E-state index is 11.9. The lowest BCUT2D eigenvalue weighted by Gasteiger charge is -2.10. The number of nitrogens with zero attached hydrogens (tertiary/aromatic N) is 3. The monoisotopic (exact) mass is 222 g/mol. The van der Waals surface area contributed by atoms with Crippen LogP contribution in [0.2, 0.25) is 0 Å². The summed E-state index contributed by atoms with van der Waals surface area (Å²) in [6.07, 6.45) is 2.58. The second kappa shape index (κ2) is 4.07. The summed E-state index contributed by atoms with van der Waals surface area (Å²) in [5.41, 5.74) is 6.42. The van der Waals surface area contributed by atoms with Gasteiger partial charge >= 0.3 is 0 Å². The molecule has 6 heteroatoms. The number of hydrogen-bond acceptors (Lipinski definition) is 4. The third-order valence-corrected chi connectivity index (χ3v) is 2.41. The zero-order valence-corrected chi connectivity index (χ0v) is 9.00. The van der Waals surface area contributed by atoms with Gasteiger partial charge in [0.15, 0.2) is 0 Å². The third kappa shape index (κ3) is 1.84. The van der Waals surface area contributed by atoms with E-state index in [2.05, 4.69) is 5.10 Å². The highest BCUT2D eigenvalue weighted by atomic mass is 16.3. The number of aliphatic hydroxyl groups is 1. The Labute approximate surface area is 91.9 Å². The largest absolute Gasteiger partial charge is 0.390 e. The van der Waals surface area contributed by atoms with Gasteiger partial charge in [-0.3, -0.25) is 4.79 Å². The molecule has 3 N–H and O–H groups in total. The minimum Gasteiger partial charge on any atom is -0.390 e. The van der Waals surface area contributed by atoms with Crippen LogP contribution in [0.4, 0.5) is 0 Å². The second-order valence-electron chi connectivity index (χ2n) is 3.76. The quantitative estimate of drug-likeness (QED) is 0.706. The Morgan fingerprint density at radius 1 is 1.56 bits per heavy atom. The summed E-state index contributed by atoms with van der Waals surface area (Å²) in [6.45, 7) is 2.16. The van der Waals surface area contributed by atoms with Crippen molar-refractivity contribution in [2.24, 2.45) is 5.73 Å². The van der Waals surface area contributed by atoms with Crippen LogP contribution >= 0.6 is 0 Å². The van der Waals surface area contributed by atoms with Crippen LogP contribution in [0, 0.1) is 6.92 Å². The van der Waals surface area contributed by atoms with E-state index in [0.717, 1.165) is 5.69 Å². The van der Waals surface area contributed by atoms with Gasteiger partial charge in [-0.2, -0.15) is 5.10 Å². The number of aliphatic hydroxyl groups excluding tert-OH is 1. The van der Waals surface area contributed by atoms with Crippen LogP contribution in [0.5, 0.6) is 0 Å². The second-order valence-corrected chi connectivity index (χ2v) is 3.76. The molecule has 0 spiro atoms. The molecule has 0 aliphatic heterocycles. The molecular weight excluding hydrogens is 208 g/mol. The summed E-state index contributed by atoms with van der Waals surface area (Å²) in [4.78, 5) is 11.9. The van der Waals surface area contributed by atoms with Gasteiger partial charge in [-0.1, -0.05) is 0 Å². The fraction of sp³-hybridized carbons (Fsp3) is 0.400. The molecule has 0 aromatic carbocycles. The SMILES string of the molecule is Cc1cc2c(=O)n(CC(O)CN)ccn2n1. The Balaban J connectivity index is 2.48. The maximum Gasteiger partial charge on any atom is 0.276 e. The Hall–Kier alpha value is -1.66. The van der Waals surface area contributed by atoms with Crippen LogP contribution in [0.3, 0.4) is 0 Å². The van der Waals surface area contributed by atoms with Crippen molar-refractivity contribution in [3.05, 3.63) is 34.5 Å². The van der Waals surface area contributed by atoms with Gasteiger partial charge in [0.2, 0.25) is 0 Å². The molecule has 2 aromatic heterocycles. The van der Waals surface area contributed by atoms with E-state index in [1.165, 1.54) is 9.08 Å². The van der Waals surface area contributed by atoms with E-state index in [0.29, 0.717) is 5.52 Å². The molecule has 0 radical (unpaired) electrons. The molecule has 0 saturated heterocycles. The number of fused-ring (bicyclic) bond motifs is 1. The summed E-state index contributed by atoms with van der Waals surface area (Å²) in [5.74, 6) is 0. The summed E-state index contributed by atoms with van der Waals surface area (Å²) >= 11 is 0. The van der Waals surface area contributed by atoms with Crippen molar-refractivity contribution in [3.8, 4) is 0 Å². The molecule has 2 aromatic rings. The number of rotatable bonds is 3. The van der Waals surface area contributed by atoms with Gasteiger partial charge in [-0.15, -0.1) is 0 Å². The summed E-state index contributed by atoms with van der Waals surface area (Å²) < 4.78 is 2.97. The van der Waals surface area contributed by atoms with E-state index >= 15 is 0 Å². The fourth-order valence-corrected chi connectivity index (χ4v) is 1.59. The Morgan fingerprint density at radius 3 is 3.00 bits per heavy atom. The van der Waals surface area contributed by atoms with E-state index in [-0.39, 0.29) is 18.6 Å². The highest BCUT2D eigenvalue weighted by Gasteiger charge is 2.08. The normalized spacial score (nSPS) is 13.2. The average Bonchev–Trinajstić information content (AvgIpc) is 2.64. The summed E-state index contributed by atoms with van der Waals surface area (Å²) in [6, 6.07) is 1.72. The Bertz CT molecular complexity index is 557. The standard InChI is InChI=1S/C10H14N4O2/c1-7-4-9-10(16)13(6-8(15)5-11)2-3-14(9)12-7/h2-4,8,15H,5-6,11H2,1H3. The molecule has 16 heavy (non-hydrogen) atoms. The molecular formula is C10H14N4O2. The highest BCUT2D eigenvalue weighted by Crippen LogP contribution is 2.00. The minimum absolute atomic E-state index is 0.135. The summed E-state index contributed by atoms with van der Waals surface area (Å²) in [5, 5.41) is 13.5. The molecule has 1 atom stereocenters. The van der Waals surface area contributed by atoms with E-state index in [9.17, 15) is 9.90 Å². The molecule has 0 fully saturated rings. The Morgan fingerprint density at radius 2 is 2.31 bits per heavy atom. The topological polar surface area (TPSA) is 85.5 Å². The predicted molar refractivity (Wildman–Crippen MR) is 59.3 cm³/mol. The van der Waals surface area contributed by atoms with Crippen LogP contribution in [-0.2, 0) is 6.54 Å².